The Hall–Kier alpha value is -2.92. The molecule has 1 aromatic heterocycles. The number of fused-ring (bicyclic) bond motifs is 1. The molecular formula is C19H14ClN2O3-. The van der Waals surface area contributed by atoms with E-state index in [2.05, 4.69) is 4.98 Å². The second kappa shape index (κ2) is 6.91. The standard InChI is InChI=1S/C19H15ClN2O3/c1-2-22-17-10-8-13(19(24)25)11-16(17)21-15(18(22)23)9-7-12-5-3-4-6-14(12)20/h3-11H,2H2,1H3,(H,24,25)/p-1/b9-7+. The van der Waals surface area contributed by atoms with Gasteiger partial charge >= 0.3 is 0 Å². The lowest BCUT2D eigenvalue weighted by Gasteiger charge is -2.10. The molecule has 0 N–H and O–H groups in total. The number of aromatic nitrogens is 2. The van der Waals surface area contributed by atoms with E-state index in [0.717, 1.165) is 5.56 Å². The maximum atomic E-state index is 12.6. The zero-order valence-corrected chi connectivity index (χ0v) is 14.2. The van der Waals surface area contributed by atoms with Gasteiger partial charge in [0.25, 0.3) is 5.56 Å². The van der Waals surface area contributed by atoms with E-state index in [1.54, 1.807) is 28.9 Å². The maximum Gasteiger partial charge on any atom is 0.276 e. The molecule has 0 saturated carbocycles. The molecule has 0 aliphatic rings. The van der Waals surface area contributed by atoms with Gasteiger partial charge in [-0.25, -0.2) is 4.98 Å². The Balaban J connectivity index is 2.17. The van der Waals surface area contributed by atoms with Crippen LogP contribution in [0.25, 0.3) is 23.2 Å². The summed E-state index contributed by atoms with van der Waals surface area (Å²) >= 11 is 6.11. The highest BCUT2D eigenvalue weighted by Gasteiger charge is 2.09. The number of carboxylic acids is 1. The molecule has 0 atom stereocenters. The zero-order valence-electron chi connectivity index (χ0n) is 13.4. The number of hydrogen-bond acceptors (Lipinski definition) is 4. The van der Waals surface area contributed by atoms with Gasteiger partial charge in [0, 0.05) is 11.6 Å². The number of aryl methyl sites for hydroxylation is 1. The van der Waals surface area contributed by atoms with Crippen molar-refractivity contribution in [1.29, 1.82) is 0 Å². The predicted molar refractivity (Wildman–Crippen MR) is 96.4 cm³/mol. The third-order valence-electron chi connectivity index (χ3n) is 3.85. The molecule has 3 rings (SSSR count). The number of benzene rings is 2. The van der Waals surface area contributed by atoms with Gasteiger partial charge in [-0.05, 0) is 42.3 Å². The van der Waals surface area contributed by atoms with Crippen LogP contribution in [0.5, 0.6) is 0 Å². The van der Waals surface area contributed by atoms with E-state index in [0.29, 0.717) is 22.6 Å². The fourth-order valence-corrected chi connectivity index (χ4v) is 2.79. The van der Waals surface area contributed by atoms with Crippen LogP contribution in [0, 0.1) is 0 Å². The van der Waals surface area contributed by atoms with Crippen molar-refractivity contribution >= 4 is 40.8 Å². The number of nitrogens with zero attached hydrogens (tertiary/aromatic N) is 2. The third-order valence-corrected chi connectivity index (χ3v) is 4.19. The molecule has 3 aromatic rings. The minimum atomic E-state index is -1.29. The molecule has 0 fully saturated rings. The van der Waals surface area contributed by atoms with E-state index in [1.807, 2.05) is 25.1 Å². The molecule has 0 aliphatic carbocycles. The van der Waals surface area contributed by atoms with Crippen LogP contribution in [0.2, 0.25) is 5.02 Å². The van der Waals surface area contributed by atoms with Gasteiger partial charge in [-0.1, -0.05) is 41.9 Å². The second-order valence-corrected chi connectivity index (χ2v) is 5.80. The fourth-order valence-electron chi connectivity index (χ4n) is 2.59. The van der Waals surface area contributed by atoms with Crippen molar-refractivity contribution in [1.82, 2.24) is 9.55 Å². The summed E-state index contributed by atoms with van der Waals surface area (Å²) in [5.74, 6) is -1.29. The highest BCUT2D eigenvalue weighted by Crippen LogP contribution is 2.18. The molecule has 25 heavy (non-hydrogen) atoms. The highest BCUT2D eigenvalue weighted by molar-refractivity contribution is 6.32. The molecule has 0 saturated heterocycles. The van der Waals surface area contributed by atoms with Gasteiger partial charge in [-0.2, -0.15) is 0 Å². The van der Waals surface area contributed by atoms with E-state index in [9.17, 15) is 14.7 Å². The molecule has 5 nitrogen and oxygen atoms in total. The van der Waals surface area contributed by atoms with Gasteiger partial charge in [0.2, 0.25) is 0 Å². The highest BCUT2D eigenvalue weighted by atomic mass is 35.5. The van der Waals surface area contributed by atoms with Gasteiger partial charge in [-0.15, -0.1) is 0 Å². The van der Waals surface area contributed by atoms with E-state index in [4.69, 9.17) is 11.6 Å². The summed E-state index contributed by atoms with van der Waals surface area (Å²) < 4.78 is 1.55. The summed E-state index contributed by atoms with van der Waals surface area (Å²) in [5, 5.41) is 11.6. The molecule has 0 amide bonds. The molecule has 0 aliphatic heterocycles. The molecule has 2 aromatic carbocycles. The number of halogens is 1. The SMILES string of the molecule is CCn1c(=O)c(/C=C/c2ccccc2Cl)nc2cc(C(=O)[O-])ccc21. The molecular weight excluding hydrogens is 340 g/mol. The maximum absolute atomic E-state index is 12.6. The van der Waals surface area contributed by atoms with Crippen molar-refractivity contribution in [2.75, 3.05) is 0 Å². The van der Waals surface area contributed by atoms with Gasteiger partial charge < -0.3 is 14.5 Å². The van der Waals surface area contributed by atoms with Crippen molar-refractivity contribution in [2.45, 2.75) is 13.5 Å². The first kappa shape index (κ1) is 16.9. The molecule has 1 heterocycles. The monoisotopic (exact) mass is 353 g/mol. The normalized spacial score (nSPS) is 11.3. The summed E-state index contributed by atoms with van der Waals surface area (Å²) in [6.07, 6.45) is 3.29. The lowest BCUT2D eigenvalue weighted by atomic mass is 10.1. The Labute approximate surface area is 148 Å². The summed E-state index contributed by atoms with van der Waals surface area (Å²) in [4.78, 5) is 28.0. The molecule has 126 valence electrons. The van der Waals surface area contributed by atoms with Crippen LogP contribution in [0.15, 0.2) is 47.3 Å². The summed E-state index contributed by atoms with van der Waals surface area (Å²) in [6.45, 7) is 2.28. The van der Waals surface area contributed by atoms with Crippen LogP contribution < -0.4 is 10.7 Å². The second-order valence-electron chi connectivity index (χ2n) is 5.39. The van der Waals surface area contributed by atoms with Gasteiger partial charge in [0.1, 0.15) is 5.69 Å². The van der Waals surface area contributed by atoms with E-state index < -0.39 is 5.97 Å². The number of hydrogen-bond donors (Lipinski definition) is 0. The average molecular weight is 354 g/mol. The Morgan fingerprint density at radius 2 is 2.00 bits per heavy atom. The smallest absolute Gasteiger partial charge is 0.276 e. The molecule has 0 bridgehead atoms. The van der Waals surface area contributed by atoms with E-state index in [1.165, 1.54) is 12.1 Å². The number of rotatable bonds is 4. The first-order valence-electron chi connectivity index (χ1n) is 7.70. The van der Waals surface area contributed by atoms with Crippen molar-refractivity contribution < 1.29 is 9.90 Å². The third kappa shape index (κ3) is 3.32. The van der Waals surface area contributed by atoms with Crippen LogP contribution in [0.4, 0.5) is 0 Å². The number of aromatic carboxylic acids is 1. The fraction of sp³-hybridized carbons (Fsp3) is 0.105. The van der Waals surface area contributed by atoms with Crippen molar-refractivity contribution in [3.8, 4) is 0 Å². The van der Waals surface area contributed by atoms with Crippen molar-refractivity contribution in [2.24, 2.45) is 0 Å². The lowest BCUT2D eigenvalue weighted by molar-refractivity contribution is -0.255. The lowest BCUT2D eigenvalue weighted by Crippen LogP contribution is -2.25. The minimum absolute atomic E-state index is 0.0161. The largest absolute Gasteiger partial charge is 0.545 e. The Morgan fingerprint density at radius 3 is 2.68 bits per heavy atom. The van der Waals surface area contributed by atoms with Crippen molar-refractivity contribution in [3.63, 3.8) is 0 Å². The van der Waals surface area contributed by atoms with Crippen molar-refractivity contribution in [3.05, 3.63) is 74.7 Å². The average Bonchev–Trinajstić information content (AvgIpc) is 2.60. The summed E-state index contributed by atoms with van der Waals surface area (Å²) in [5.41, 5.74) is 1.73. The van der Waals surface area contributed by atoms with Gasteiger partial charge in [-0.3, -0.25) is 4.79 Å². The Morgan fingerprint density at radius 1 is 1.24 bits per heavy atom. The van der Waals surface area contributed by atoms with Crippen LogP contribution in [0.1, 0.15) is 28.5 Å². The number of carboxylic acid groups (broad SMARTS) is 1. The zero-order chi connectivity index (χ0) is 18.0. The van der Waals surface area contributed by atoms with Crippen LogP contribution in [0.3, 0.4) is 0 Å². The first-order valence-corrected chi connectivity index (χ1v) is 8.07. The molecule has 0 radical (unpaired) electrons. The predicted octanol–water partition coefficient (Wildman–Crippen LogP) is 2.60. The van der Waals surface area contributed by atoms with Gasteiger partial charge in [0.15, 0.2) is 0 Å². The summed E-state index contributed by atoms with van der Waals surface area (Å²) in [7, 11) is 0. The van der Waals surface area contributed by atoms with Crippen LogP contribution in [-0.2, 0) is 6.54 Å². The van der Waals surface area contributed by atoms with E-state index in [-0.39, 0.29) is 16.8 Å². The number of carbonyl (C=O) groups excluding carboxylic acids is 1. The van der Waals surface area contributed by atoms with Gasteiger partial charge in [0.05, 0.1) is 17.0 Å². The Bertz CT molecular complexity index is 1050. The quantitative estimate of drug-likeness (QED) is 0.722. The molecule has 0 spiro atoms. The molecule has 0 unspecified atom stereocenters. The summed E-state index contributed by atoms with van der Waals surface area (Å²) in [6, 6.07) is 11.6. The van der Waals surface area contributed by atoms with E-state index >= 15 is 0 Å². The Kier molecular flexibility index (Phi) is 4.67. The molecule has 6 heteroatoms. The van der Waals surface area contributed by atoms with Crippen LogP contribution in [-0.4, -0.2) is 15.5 Å². The minimum Gasteiger partial charge on any atom is -0.545 e. The van der Waals surface area contributed by atoms with Crippen LogP contribution >= 0.6 is 11.6 Å². The topological polar surface area (TPSA) is 75.0 Å². The number of carbonyl (C=O) groups is 1. The first-order chi connectivity index (χ1) is 12.0.